The summed E-state index contributed by atoms with van der Waals surface area (Å²) in [6, 6.07) is 4.99. The number of alkyl carbamates (subject to hydrolysis) is 1. The molecule has 2 atom stereocenters. The lowest BCUT2D eigenvalue weighted by Crippen LogP contribution is -2.46. The van der Waals surface area contributed by atoms with Gasteiger partial charge in [0.15, 0.2) is 6.04 Å². The van der Waals surface area contributed by atoms with Gasteiger partial charge in [0.25, 0.3) is 0 Å². The molecule has 21 heavy (non-hydrogen) atoms. The zero-order valence-corrected chi connectivity index (χ0v) is 13.5. The van der Waals surface area contributed by atoms with E-state index in [0.717, 1.165) is 4.47 Å². The summed E-state index contributed by atoms with van der Waals surface area (Å²) in [7, 11) is 0. The molecule has 1 amide bonds. The minimum Gasteiger partial charge on any atom is -0.480 e. The van der Waals surface area contributed by atoms with Crippen molar-refractivity contribution < 1.29 is 24.5 Å². The molecule has 0 spiro atoms. The summed E-state index contributed by atoms with van der Waals surface area (Å²) < 4.78 is 5.79. The van der Waals surface area contributed by atoms with E-state index in [1.54, 1.807) is 45.0 Å². The lowest BCUT2D eigenvalue weighted by Gasteiger charge is -2.24. The van der Waals surface area contributed by atoms with Crippen LogP contribution in [0.2, 0.25) is 0 Å². The topological polar surface area (TPSA) is 95.9 Å². The third-order valence-electron chi connectivity index (χ3n) is 2.47. The van der Waals surface area contributed by atoms with Crippen LogP contribution in [0, 0.1) is 0 Å². The van der Waals surface area contributed by atoms with E-state index in [1.807, 2.05) is 0 Å². The maximum Gasteiger partial charge on any atom is 0.408 e. The van der Waals surface area contributed by atoms with Crippen LogP contribution in [0.5, 0.6) is 0 Å². The second-order valence-electron chi connectivity index (χ2n) is 5.46. The van der Waals surface area contributed by atoms with Gasteiger partial charge in [-0.05, 0) is 38.5 Å². The van der Waals surface area contributed by atoms with E-state index in [4.69, 9.17) is 9.84 Å². The fourth-order valence-corrected chi connectivity index (χ4v) is 1.83. The second kappa shape index (κ2) is 6.91. The van der Waals surface area contributed by atoms with Crippen LogP contribution in [0.3, 0.4) is 0 Å². The molecule has 0 aromatic heterocycles. The monoisotopic (exact) mass is 359 g/mol. The van der Waals surface area contributed by atoms with Crippen molar-refractivity contribution in [2.75, 3.05) is 0 Å². The minimum atomic E-state index is -1.50. The molecule has 0 heterocycles. The number of carboxylic acid groups (broad SMARTS) is 1. The van der Waals surface area contributed by atoms with Crippen molar-refractivity contribution in [1.29, 1.82) is 0 Å². The lowest BCUT2D eigenvalue weighted by atomic mass is 10.0. The van der Waals surface area contributed by atoms with Gasteiger partial charge in [0, 0.05) is 4.47 Å². The van der Waals surface area contributed by atoms with Crippen LogP contribution < -0.4 is 5.32 Å². The molecule has 0 saturated carbocycles. The van der Waals surface area contributed by atoms with Gasteiger partial charge in [-0.15, -0.1) is 0 Å². The van der Waals surface area contributed by atoms with Gasteiger partial charge in [0.2, 0.25) is 0 Å². The molecule has 0 aliphatic rings. The Morgan fingerprint density at radius 1 is 1.24 bits per heavy atom. The molecule has 0 aliphatic carbocycles. The number of aliphatic hydroxyl groups excluding tert-OH is 1. The molecule has 1 aromatic rings. The molecule has 0 bridgehead atoms. The smallest absolute Gasteiger partial charge is 0.408 e. The Morgan fingerprint density at radius 3 is 2.19 bits per heavy atom. The fraction of sp³-hybridized carbons (Fsp3) is 0.429. The van der Waals surface area contributed by atoms with Gasteiger partial charge in [0.05, 0.1) is 0 Å². The Labute approximate surface area is 131 Å². The quantitative estimate of drug-likeness (QED) is 0.767. The SMILES string of the molecule is CC(C)(C)OC(=O)N[C@@H](C(=O)O)[C@H](O)c1ccc(Br)cc1. The summed E-state index contributed by atoms with van der Waals surface area (Å²) in [5, 5.41) is 21.5. The van der Waals surface area contributed by atoms with Crippen molar-refractivity contribution >= 4 is 28.0 Å². The van der Waals surface area contributed by atoms with Crippen LogP contribution in [0.1, 0.15) is 32.4 Å². The number of amides is 1. The molecule has 116 valence electrons. The molecule has 0 saturated heterocycles. The number of ether oxygens (including phenoxy) is 1. The molecule has 7 heteroatoms. The highest BCUT2D eigenvalue weighted by Crippen LogP contribution is 2.20. The van der Waals surface area contributed by atoms with Crippen LogP contribution in [0.4, 0.5) is 4.79 Å². The Hall–Kier alpha value is -1.60. The Balaban J connectivity index is 2.84. The first-order chi connectivity index (χ1) is 9.60. The molecule has 1 rings (SSSR count). The van der Waals surface area contributed by atoms with E-state index in [1.165, 1.54) is 0 Å². The first kappa shape index (κ1) is 17.5. The zero-order chi connectivity index (χ0) is 16.2. The van der Waals surface area contributed by atoms with E-state index in [2.05, 4.69) is 21.2 Å². The van der Waals surface area contributed by atoms with E-state index in [-0.39, 0.29) is 0 Å². The molecular weight excluding hydrogens is 342 g/mol. The average molecular weight is 360 g/mol. The van der Waals surface area contributed by atoms with Gasteiger partial charge < -0.3 is 20.3 Å². The molecule has 0 aliphatic heterocycles. The van der Waals surface area contributed by atoms with Gasteiger partial charge in [-0.1, -0.05) is 28.1 Å². The predicted molar refractivity (Wildman–Crippen MR) is 79.9 cm³/mol. The number of hydrogen-bond donors (Lipinski definition) is 3. The van der Waals surface area contributed by atoms with Crippen LogP contribution in [-0.2, 0) is 9.53 Å². The number of halogens is 1. The lowest BCUT2D eigenvalue weighted by molar-refractivity contribution is -0.142. The molecule has 6 nitrogen and oxygen atoms in total. The number of aliphatic carboxylic acids is 1. The number of rotatable bonds is 4. The number of benzene rings is 1. The van der Waals surface area contributed by atoms with E-state index in [9.17, 15) is 14.7 Å². The van der Waals surface area contributed by atoms with E-state index in [0.29, 0.717) is 5.56 Å². The number of carbonyl (C=O) groups is 2. The van der Waals surface area contributed by atoms with Gasteiger partial charge in [0.1, 0.15) is 11.7 Å². The first-order valence-electron chi connectivity index (χ1n) is 6.26. The van der Waals surface area contributed by atoms with Crippen LogP contribution in [0.15, 0.2) is 28.7 Å². The largest absolute Gasteiger partial charge is 0.480 e. The van der Waals surface area contributed by atoms with Gasteiger partial charge in [-0.25, -0.2) is 9.59 Å². The first-order valence-corrected chi connectivity index (χ1v) is 7.05. The van der Waals surface area contributed by atoms with Gasteiger partial charge >= 0.3 is 12.1 Å². The van der Waals surface area contributed by atoms with Crippen LogP contribution >= 0.6 is 15.9 Å². The summed E-state index contributed by atoms with van der Waals surface area (Å²) in [6.45, 7) is 4.98. The predicted octanol–water partition coefficient (Wildman–Crippen LogP) is 2.46. The third kappa shape index (κ3) is 5.73. The number of nitrogens with one attached hydrogen (secondary N) is 1. The Bertz CT molecular complexity index is 509. The fourth-order valence-electron chi connectivity index (χ4n) is 1.56. The van der Waals surface area contributed by atoms with Crippen molar-refractivity contribution in [3.8, 4) is 0 Å². The summed E-state index contributed by atoms with van der Waals surface area (Å²) >= 11 is 3.25. The molecule has 0 unspecified atom stereocenters. The summed E-state index contributed by atoms with van der Waals surface area (Å²) in [5.41, 5.74) is -0.378. The summed E-state index contributed by atoms with van der Waals surface area (Å²) in [5.74, 6) is -1.35. The summed E-state index contributed by atoms with van der Waals surface area (Å²) in [4.78, 5) is 22.9. The maximum atomic E-state index is 11.6. The number of carbonyl (C=O) groups excluding carboxylic acids is 1. The maximum absolute atomic E-state index is 11.6. The zero-order valence-electron chi connectivity index (χ0n) is 12.0. The highest BCUT2D eigenvalue weighted by molar-refractivity contribution is 9.10. The van der Waals surface area contributed by atoms with Gasteiger partial charge in [-0.2, -0.15) is 0 Å². The molecule has 0 radical (unpaired) electrons. The van der Waals surface area contributed by atoms with Crippen molar-refractivity contribution in [1.82, 2.24) is 5.32 Å². The van der Waals surface area contributed by atoms with Crippen molar-refractivity contribution in [2.24, 2.45) is 0 Å². The molecule has 0 fully saturated rings. The van der Waals surface area contributed by atoms with Crippen LogP contribution in [-0.4, -0.2) is 33.9 Å². The summed E-state index contributed by atoms with van der Waals surface area (Å²) in [6.07, 6.45) is -2.28. The standard InChI is InChI=1S/C14H18BrNO5/c1-14(2,3)21-13(20)16-10(12(18)19)11(17)8-4-6-9(15)7-5-8/h4-7,10-11,17H,1-3H3,(H,16,20)(H,18,19)/t10-,11-/m1/s1. The molecule has 3 N–H and O–H groups in total. The van der Waals surface area contributed by atoms with Crippen molar-refractivity contribution in [3.63, 3.8) is 0 Å². The number of carboxylic acids is 1. The van der Waals surface area contributed by atoms with Crippen molar-refractivity contribution in [2.45, 2.75) is 38.5 Å². The number of hydrogen-bond acceptors (Lipinski definition) is 4. The third-order valence-corrected chi connectivity index (χ3v) is 2.99. The highest BCUT2D eigenvalue weighted by Gasteiger charge is 2.31. The van der Waals surface area contributed by atoms with Crippen molar-refractivity contribution in [3.05, 3.63) is 34.3 Å². The Morgan fingerprint density at radius 2 is 1.76 bits per heavy atom. The average Bonchev–Trinajstić information content (AvgIpc) is 2.33. The molecule has 1 aromatic carbocycles. The van der Waals surface area contributed by atoms with Gasteiger partial charge in [-0.3, -0.25) is 0 Å². The minimum absolute atomic E-state index is 0.377. The van der Waals surface area contributed by atoms with Crippen LogP contribution in [0.25, 0.3) is 0 Å². The van der Waals surface area contributed by atoms with E-state index < -0.39 is 29.8 Å². The normalized spacial score (nSPS) is 14.1. The highest BCUT2D eigenvalue weighted by atomic mass is 79.9. The number of aliphatic hydroxyl groups is 1. The molecular formula is C14H18BrNO5. The Kier molecular flexibility index (Phi) is 5.74. The van der Waals surface area contributed by atoms with E-state index >= 15 is 0 Å². The second-order valence-corrected chi connectivity index (χ2v) is 6.37.